The lowest BCUT2D eigenvalue weighted by molar-refractivity contribution is 0.0930. The van der Waals surface area contributed by atoms with Gasteiger partial charge in [-0.15, -0.1) is 12.4 Å². The summed E-state index contributed by atoms with van der Waals surface area (Å²) in [6.07, 6.45) is 2.10. The molecule has 0 saturated carbocycles. The molecule has 1 aromatic carbocycles. The van der Waals surface area contributed by atoms with Crippen LogP contribution in [-0.4, -0.2) is 25.0 Å². The lowest BCUT2D eigenvalue weighted by atomic mass is 10.1. The van der Waals surface area contributed by atoms with E-state index in [2.05, 4.69) is 10.6 Å². The molecule has 0 aliphatic carbocycles. The van der Waals surface area contributed by atoms with E-state index in [0.717, 1.165) is 25.9 Å². The van der Waals surface area contributed by atoms with Crippen LogP contribution in [0.25, 0.3) is 0 Å². The predicted octanol–water partition coefficient (Wildman–Crippen LogP) is 2.90. The van der Waals surface area contributed by atoms with Crippen molar-refractivity contribution < 1.29 is 4.79 Å². The standard InChI is InChI=1S/C12H14Cl2N2O.ClH/c13-10-4-3-8(6-11(10)14)12(17)16-9-2-1-5-15-7-9;/h3-4,6,9,15H,1-2,5,7H2,(H,16,17);1H/t9-;/m0./s1. The Morgan fingerprint density at radius 1 is 1.33 bits per heavy atom. The van der Waals surface area contributed by atoms with Crippen molar-refractivity contribution in [2.45, 2.75) is 18.9 Å². The molecule has 18 heavy (non-hydrogen) atoms. The summed E-state index contributed by atoms with van der Waals surface area (Å²) in [6, 6.07) is 5.11. The van der Waals surface area contributed by atoms with Crippen molar-refractivity contribution in [3.63, 3.8) is 0 Å². The van der Waals surface area contributed by atoms with Gasteiger partial charge in [0.25, 0.3) is 5.91 Å². The number of carbonyl (C=O) groups is 1. The molecule has 1 fully saturated rings. The highest BCUT2D eigenvalue weighted by atomic mass is 35.5. The van der Waals surface area contributed by atoms with E-state index in [1.807, 2.05) is 0 Å². The van der Waals surface area contributed by atoms with Gasteiger partial charge in [0, 0.05) is 18.2 Å². The summed E-state index contributed by atoms with van der Waals surface area (Å²) >= 11 is 11.7. The number of nitrogens with one attached hydrogen (secondary N) is 2. The lowest BCUT2D eigenvalue weighted by Gasteiger charge is -2.23. The minimum Gasteiger partial charge on any atom is -0.348 e. The predicted molar refractivity (Wildman–Crippen MR) is 77.1 cm³/mol. The second-order valence-corrected chi connectivity index (χ2v) is 4.96. The number of carbonyl (C=O) groups excluding carboxylic acids is 1. The van der Waals surface area contributed by atoms with E-state index in [1.165, 1.54) is 0 Å². The Kier molecular flexibility index (Phi) is 6.22. The number of rotatable bonds is 2. The molecule has 0 unspecified atom stereocenters. The zero-order valence-corrected chi connectivity index (χ0v) is 12.0. The maximum Gasteiger partial charge on any atom is 0.251 e. The molecule has 0 radical (unpaired) electrons. The average molecular weight is 310 g/mol. The van der Waals surface area contributed by atoms with Crippen LogP contribution in [0.1, 0.15) is 23.2 Å². The molecule has 100 valence electrons. The third kappa shape index (κ3) is 4.02. The van der Waals surface area contributed by atoms with Gasteiger partial charge in [0.05, 0.1) is 10.0 Å². The molecule has 1 aromatic rings. The second-order valence-electron chi connectivity index (χ2n) is 4.15. The molecule has 1 amide bonds. The molecule has 1 heterocycles. The molecule has 0 spiro atoms. The Labute approximate surface area is 123 Å². The fraction of sp³-hybridized carbons (Fsp3) is 0.417. The fourth-order valence-corrected chi connectivity index (χ4v) is 2.18. The quantitative estimate of drug-likeness (QED) is 0.882. The van der Waals surface area contributed by atoms with Gasteiger partial charge in [-0.1, -0.05) is 23.2 Å². The van der Waals surface area contributed by atoms with E-state index in [9.17, 15) is 4.79 Å². The summed E-state index contributed by atoms with van der Waals surface area (Å²) in [4.78, 5) is 11.9. The summed E-state index contributed by atoms with van der Waals surface area (Å²) in [5, 5.41) is 7.09. The molecule has 2 rings (SSSR count). The molecule has 6 heteroatoms. The van der Waals surface area contributed by atoms with E-state index < -0.39 is 0 Å². The molecule has 1 aliphatic heterocycles. The van der Waals surface area contributed by atoms with Gasteiger partial charge in [0.15, 0.2) is 0 Å². The maximum atomic E-state index is 11.9. The number of piperidine rings is 1. The van der Waals surface area contributed by atoms with E-state index in [4.69, 9.17) is 23.2 Å². The highest BCUT2D eigenvalue weighted by Crippen LogP contribution is 2.22. The molecule has 2 N–H and O–H groups in total. The zero-order valence-electron chi connectivity index (χ0n) is 9.71. The Balaban J connectivity index is 0.00000162. The summed E-state index contributed by atoms with van der Waals surface area (Å²) in [7, 11) is 0. The first kappa shape index (κ1) is 15.6. The molecule has 3 nitrogen and oxygen atoms in total. The van der Waals surface area contributed by atoms with Crippen LogP contribution in [0.4, 0.5) is 0 Å². The van der Waals surface area contributed by atoms with Crippen molar-refractivity contribution in [1.82, 2.24) is 10.6 Å². The van der Waals surface area contributed by atoms with Gasteiger partial charge in [-0.3, -0.25) is 4.79 Å². The van der Waals surface area contributed by atoms with Crippen molar-refractivity contribution >= 4 is 41.5 Å². The number of hydrogen-bond donors (Lipinski definition) is 2. The highest BCUT2D eigenvalue weighted by Gasteiger charge is 2.16. The normalized spacial score (nSPS) is 18.9. The third-order valence-electron chi connectivity index (χ3n) is 2.81. The molecular formula is C12H15Cl3N2O. The van der Waals surface area contributed by atoms with Crippen molar-refractivity contribution in [3.05, 3.63) is 33.8 Å². The SMILES string of the molecule is Cl.O=C(N[C@H]1CCCNC1)c1ccc(Cl)c(Cl)c1. The number of benzene rings is 1. The van der Waals surface area contributed by atoms with Crippen molar-refractivity contribution in [2.75, 3.05) is 13.1 Å². The summed E-state index contributed by atoms with van der Waals surface area (Å²) in [5.41, 5.74) is 0.546. The van der Waals surface area contributed by atoms with Gasteiger partial charge in [-0.25, -0.2) is 0 Å². The minimum atomic E-state index is -0.0998. The molecule has 0 aromatic heterocycles. The van der Waals surface area contributed by atoms with Crippen LogP contribution in [0, 0.1) is 0 Å². The van der Waals surface area contributed by atoms with Crippen LogP contribution in [-0.2, 0) is 0 Å². The molecule has 1 aliphatic rings. The Morgan fingerprint density at radius 3 is 2.72 bits per heavy atom. The fourth-order valence-electron chi connectivity index (χ4n) is 1.88. The summed E-state index contributed by atoms with van der Waals surface area (Å²) < 4.78 is 0. The van der Waals surface area contributed by atoms with Crippen LogP contribution in [0.15, 0.2) is 18.2 Å². The first-order valence-electron chi connectivity index (χ1n) is 5.63. The van der Waals surface area contributed by atoms with Crippen LogP contribution < -0.4 is 10.6 Å². The van der Waals surface area contributed by atoms with Crippen LogP contribution in [0.2, 0.25) is 10.0 Å². The van der Waals surface area contributed by atoms with Crippen molar-refractivity contribution in [2.24, 2.45) is 0 Å². The van der Waals surface area contributed by atoms with Gasteiger partial charge in [-0.05, 0) is 37.6 Å². The first-order chi connectivity index (χ1) is 8.16. The molecule has 0 bridgehead atoms. The van der Waals surface area contributed by atoms with E-state index >= 15 is 0 Å². The Bertz CT molecular complexity index is 420. The smallest absolute Gasteiger partial charge is 0.251 e. The van der Waals surface area contributed by atoms with Gasteiger partial charge < -0.3 is 10.6 Å². The summed E-state index contributed by atoms with van der Waals surface area (Å²) in [6.45, 7) is 1.85. The zero-order chi connectivity index (χ0) is 12.3. The maximum absolute atomic E-state index is 11.9. The van der Waals surface area contributed by atoms with Crippen LogP contribution >= 0.6 is 35.6 Å². The molecular weight excluding hydrogens is 295 g/mol. The van der Waals surface area contributed by atoms with Crippen LogP contribution in [0.3, 0.4) is 0 Å². The molecule has 1 atom stereocenters. The Hall–Kier alpha value is -0.480. The monoisotopic (exact) mass is 308 g/mol. The lowest BCUT2D eigenvalue weighted by Crippen LogP contribution is -2.45. The van der Waals surface area contributed by atoms with Crippen molar-refractivity contribution in [1.29, 1.82) is 0 Å². The number of hydrogen-bond acceptors (Lipinski definition) is 2. The largest absolute Gasteiger partial charge is 0.348 e. The summed E-state index contributed by atoms with van der Waals surface area (Å²) in [5.74, 6) is -0.0998. The molecule has 1 saturated heterocycles. The minimum absolute atomic E-state index is 0. The number of amides is 1. The van der Waals surface area contributed by atoms with Gasteiger partial charge >= 0.3 is 0 Å². The number of halogens is 3. The van der Waals surface area contributed by atoms with E-state index in [-0.39, 0.29) is 24.4 Å². The highest BCUT2D eigenvalue weighted by molar-refractivity contribution is 6.42. The van der Waals surface area contributed by atoms with Gasteiger partial charge in [-0.2, -0.15) is 0 Å². The Morgan fingerprint density at radius 2 is 2.11 bits per heavy atom. The van der Waals surface area contributed by atoms with E-state index in [1.54, 1.807) is 18.2 Å². The first-order valence-corrected chi connectivity index (χ1v) is 6.39. The van der Waals surface area contributed by atoms with Gasteiger partial charge in [0.1, 0.15) is 0 Å². The van der Waals surface area contributed by atoms with Crippen LogP contribution in [0.5, 0.6) is 0 Å². The average Bonchev–Trinajstić information content (AvgIpc) is 2.34. The van der Waals surface area contributed by atoms with Gasteiger partial charge in [0.2, 0.25) is 0 Å². The van der Waals surface area contributed by atoms with E-state index in [0.29, 0.717) is 15.6 Å². The topological polar surface area (TPSA) is 41.1 Å². The second kappa shape index (κ2) is 7.19. The van der Waals surface area contributed by atoms with Crippen molar-refractivity contribution in [3.8, 4) is 0 Å². The third-order valence-corrected chi connectivity index (χ3v) is 3.55.